The second kappa shape index (κ2) is 6.19. The maximum Gasteiger partial charge on any atom is 0.218 e. The fourth-order valence-corrected chi connectivity index (χ4v) is 3.87. The lowest BCUT2D eigenvalue weighted by molar-refractivity contribution is -0.118. The van der Waals surface area contributed by atoms with E-state index in [0.29, 0.717) is 0 Å². The number of primary amides is 1. The SMILES string of the molecule is CCC1(C)C(CC(N)=O)c2cc(O)ccc2N1Cc1ccccc1. The number of carbonyl (C=O) groups excluding carboxylic acids is 1. The van der Waals surface area contributed by atoms with Crippen molar-refractivity contribution in [1.29, 1.82) is 0 Å². The summed E-state index contributed by atoms with van der Waals surface area (Å²) in [6, 6.07) is 15.7. The second-order valence-electron chi connectivity index (χ2n) is 6.75. The van der Waals surface area contributed by atoms with E-state index < -0.39 is 0 Å². The third-order valence-corrected chi connectivity index (χ3v) is 5.35. The van der Waals surface area contributed by atoms with Crippen molar-refractivity contribution in [3.05, 3.63) is 59.7 Å². The Morgan fingerprint density at radius 1 is 1.25 bits per heavy atom. The van der Waals surface area contributed by atoms with Crippen LogP contribution in [0.1, 0.15) is 43.7 Å². The van der Waals surface area contributed by atoms with Gasteiger partial charge in [-0.05, 0) is 42.7 Å². The van der Waals surface area contributed by atoms with Crippen LogP contribution in [0.3, 0.4) is 0 Å². The van der Waals surface area contributed by atoms with Crippen LogP contribution in [0.15, 0.2) is 48.5 Å². The largest absolute Gasteiger partial charge is 0.508 e. The number of nitrogens with zero attached hydrogens (tertiary/aromatic N) is 1. The lowest BCUT2D eigenvalue weighted by Gasteiger charge is -2.40. The Hall–Kier alpha value is -2.49. The minimum absolute atomic E-state index is 0.0224. The highest BCUT2D eigenvalue weighted by atomic mass is 16.3. The predicted octanol–water partition coefficient (Wildman–Crippen LogP) is 3.54. The van der Waals surface area contributed by atoms with Crippen molar-refractivity contribution < 1.29 is 9.90 Å². The summed E-state index contributed by atoms with van der Waals surface area (Å²) in [5.74, 6) is -0.107. The minimum Gasteiger partial charge on any atom is -0.508 e. The van der Waals surface area contributed by atoms with E-state index >= 15 is 0 Å². The summed E-state index contributed by atoms with van der Waals surface area (Å²) < 4.78 is 0. The molecular weight excluding hydrogens is 300 g/mol. The van der Waals surface area contributed by atoms with Crippen LogP contribution in [0.25, 0.3) is 0 Å². The number of aromatic hydroxyl groups is 1. The zero-order chi connectivity index (χ0) is 17.3. The number of anilines is 1. The first-order chi connectivity index (χ1) is 11.5. The van der Waals surface area contributed by atoms with Gasteiger partial charge in [-0.2, -0.15) is 0 Å². The molecule has 2 aromatic carbocycles. The van der Waals surface area contributed by atoms with Crippen LogP contribution >= 0.6 is 0 Å². The standard InChI is InChI=1S/C20H24N2O2/c1-3-20(2)17(12-19(21)24)16-11-15(23)9-10-18(16)22(20)13-14-7-5-4-6-8-14/h4-11,17,23H,3,12-13H2,1-2H3,(H2,21,24). The molecule has 126 valence electrons. The summed E-state index contributed by atoms with van der Waals surface area (Å²) >= 11 is 0. The maximum atomic E-state index is 11.7. The number of benzene rings is 2. The van der Waals surface area contributed by atoms with Crippen LogP contribution in [0.4, 0.5) is 5.69 Å². The molecule has 1 heterocycles. The fraction of sp³-hybridized carbons (Fsp3) is 0.350. The Morgan fingerprint density at radius 2 is 1.96 bits per heavy atom. The van der Waals surface area contributed by atoms with Gasteiger partial charge in [0.25, 0.3) is 0 Å². The monoisotopic (exact) mass is 324 g/mol. The van der Waals surface area contributed by atoms with E-state index in [1.54, 1.807) is 12.1 Å². The number of phenolic OH excluding ortho intramolecular Hbond substituents is 1. The number of nitrogens with two attached hydrogens (primary N) is 1. The van der Waals surface area contributed by atoms with Crippen molar-refractivity contribution in [2.75, 3.05) is 4.90 Å². The number of fused-ring (bicyclic) bond motifs is 1. The average Bonchev–Trinajstić information content (AvgIpc) is 2.78. The van der Waals surface area contributed by atoms with Crippen molar-refractivity contribution in [3.63, 3.8) is 0 Å². The molecular formula is C20H24N2O2. The van der Waals surface area contributed by atoms with E-state index in [2.05, 4.69) is 30.9 Å². The highest BCUT2D eigenvalue weighted by Crippen LogP contribution is 2.52. The number of hydrogen-bond acceptors (Lipinski definition) is 3. The summed E-state index contributed by atoms with van der Waals surface area (Å²) in [6.07, 6.45) is 1.17. The molecule has 0 radical (unpaired) electrons. The van der Waals surface area contributed by atoms with Crippen molar-refractivity contribution >= 4 is 11.6 Å². The van der Waals surface area contributed by atoms with Crippen LogP contribution in [0, 0.1) is 0 Å². The van der Waals surface area contributed by atoms with Crippen LogP contribution < -0.4 is 10.6 Å². The quantitative estimate of drug-likeness (QED) is 0.884. The van der Waals surface area contributed by atoms with E-state index in [1.807, 2.05) is 24.3 Å². The van der Waals surface area contributed by atoms with Gasteiger partial charge in [0.2, 0.25) is 5.91 Å². The molecule has 2 atom stereocenters. The maximum absolute atomic E-state index is 11.7. The zero-order valence-electron chi connectivity index (χ0n) is 14.2. The van der Waals surface area contributed by atoms with Crippen LogP contribution in [-0.2, 0) is 11.3 Å². The van der Waals surface area contributed by atoms with Gasteiger partial charge in [0.15, 0.2) is 0 Å². The summed E-state index contributed by atoms with van der Waals surface area (Å²) in [6.45, 7) is 5.08. The molecule has 1 amide bonds. The summed E-state index contributed by atoms with van der Waals surface area (Å²) in [7, 11) is 0. The molecule has 2 unspecified atom stereocenters. The molecule has 0 saturated carbocycles. The molecule has 0 saturated heterocycles. The van der Waals surface area contributed by atoms with Crippen LogP contribution in [0.2, 0.25) is 0 Å². The first-order valence-electron chi connectivity index (χ1n) is 8.38. The van der Waals surface area contributed by atoms with Gasteiger partial charge in [0.05, 0.1) is 0 Å². The molecule has 1 aliphatic rings. The molecule has 2 aromatic rings. The first-order valence-corrected chi connectivity index (χ1v) is 8.38. The molecule has 4 nitrogen and oxygen atoms in total. The van der Waals surface area contributed by atoms with Gasteiger partial charge < -0.3 is 15.7 Å². The van der Waals surface area contributed by atoms with Gasteiger partial charge in [-0.25, -0.2) is 0 Å². The molecule has 0 aliphatic carbocycles. The number of amides is 1. The van der Waals surface area contributed by atoms with Crippen molar-refractivity contribution in [1.82, 2.24) is 0 Å². The van der Waals surface area contributed by atoms with Crippen molar-refractivity contribution in [2.24, 2.45) is 5.73 Å². The van der Waals surface area contributed by atoms with Gasteiger partial charge in [-0.3, -0.25) is 4.79 Å². The van der Waals surface area contributed by atoms with Gasteiger partial charge in [-0.15, -0.1) is 0 Å². The number of hydrogen-bond donors (Lipinski definition) is 2. The van der Waals surface area contributed by atoms with E-state index in [0.717, 1.165) is 24.2 Å². The average molecular weight is 324 g/mol. The van der Waals surface area contributed by atoms with Gasteiger partial charge in [0.1, 0.15) is 5.75 Å². The highest BCUT2D eigenvalue weighted by Gasteiger charge is 2.47. The molecule has 0 fully saturated rings. The fourth-order valence-electron chi connectivity index (χ4n) is 3.87. The Kier molecular flexibility index (Phi) is 4.22. The molecule has 24 heavy (non-hydrogen) atoms. The molecule has 4 heteroatoms. The van der Waals surface area contributed by atoms with Crippen molar-refractivity contribution in [2.45, 2.75) is 44.7 Å². The van der Waals surface area contributed by atoms with Gasteiger partial charge >= 0.3 is 0 Å². The summed E-state index contributed by atoms with van der Waals surface area (Å²) in [5.41, 5.74) is 8.60. The van der Waals surface area contributed by atoms with Gasteiger partial charge in [-0.1, -0.05) is 37.3 Å². The number of carbonyl (C=O) groups is 1. The summed E-state index contributed by atoms with van der Waals surface area (Å²) in [5, 5.41) is 9.93. The third-order valence-electron chi connectivity index (χ3n) is 5.35. The highest BCUT2D eigenvalue weighted by molar-refractivity contribution is 5.78. The molecule has 1 aliphatic heterocycles. The normalized spacial score (nSPS) is 22.4. The zero-order valence-corrected chi connectivity index (χ0v) is 14.2. The number of rotatable bonds is 5. The van der Waals surface area contributed by atoms with Crippen LogP contribution in [-0.4, -0.2) is 16.6 Å². The molecule has 3 N–H and O–H groups in total. The second-order valence-corrected chi connectivity index (χ2v) is 6.75. The van der Waals surface area contributed by atoms with Crippen molar-refractivity contribution in [3.8, 4) is 5.75 Å². The van der Waals surface area contributed by atoms with E-state index in [1.165, 1.54) is 5.56 Å². The molecule has 3 rings (SSSR count). The Labute approximate surface area is 142 Å². The van der Waals surface area contributed by atoms with E-state index in [-0.39, 0.29) is 29.5 Å². The predicted molar refractivity (Wildman–Crippen MR) is 96.0 cm³/mol. The Bertz CT molecular complexity index is 745. The Balaban J connectivity index is 2.08. The summed E-state index contributed by atoms with van der Waals surface area (Å²) in [4.78, 5) is 14.0. The van der Waals surface area contributed by atoms with Gasteiger partial charge in [0, 0.05) is 30.1 Å². The molecule has 0 bridgehead atoms. The lowest BCUT2D eigenvalue weighted by atomic mass is 9.79. The van der Waals surface area contributed by atoms with Crippen LogP contribution in [0.5, 0.6) is 5.75 Å². The number of phenols is 1. The molecule has 0 aromatic heterocycles. The first kappa shape index (κ1) is 16.4. The molecule has 0 spiro atoms. The topological polar surface area (TPSA) is 66.6 Å². The smallest absolute Gasteiger partial charge is 0.218 e. The third kappa shape index (κ3) is 2.73. The lowest BCUT2D eigenvalue weighted by Crippen LogP contribution is -2.46. The minimum atomic E-state index is -0.310. The van der Waals surface area contributed by atoms with E-state index in [4.69, 9.17) is 5.73 Å². The van der Waals surface area contributed by atoms with E-state index in [9.17, 15) is 9.90 Å². The Morgan fingerprint density at radius 3 is 2.58 bits per heavy atom.